The molecule has 106 valence electrons. The molecule has 0 unspecified atom stereocenters. The van der Waals surface area contributed by atoms with Gasteiger partial charge in [-0.25, -0.2) is 0 Å². The molecule has 3 rings (SSSR count). The molecular weight excluding hydrogens is 292 g/mol. The Hall–Kier alpha value is -2.60. The molecule has 1 heterocycles. The van der Waals surface area contributed by atoms with Crippen LogP contribution < -0.4 is 5.43 Å². The summed E-state index contributed by atoms with van der Waals surface area (Å²) in [6.45, 7) is 0. The van der Waals surface area contributed by atoms with Gasteiger partial charge in [-0.3, -0.25) is 4.79 Å². The highest BCUT2D eigenvalue weighted by Crippen LogP contribution is 2.33. The topological polar surface area (TPSA) is 90.9 Å². The fourth-order valence-corrected chi connectivity index (χ4v) is 2.31. The van der Waals surface area contributed by atoms with Crippen molar-refractivity contribution < 1.29 is 19.7 Å². The molecule has 21 heavy (non-hydrogen) atoms. The van der Waals surface area contributed by atoms with E-state index in [9.17, 15) is 20.1 Å². The number of fused-ring (bicyclic) bond motifs is 1. The first kappa shape index (κ1) is 13.4. The average Bonchev–Trinajstić information content (AvgIpc) is 2.40. The summed E-state index contributed by atoms with van der Waals surface area (Å²) in [6, 6.07) is 8.17. The molecule has 0 spiro atoms. The van der Waals surface area contributed by atoms with E-state index in [4.69, 9.17) is 4.42 Å². The zero-order valence-electron chi connectivity index (χ0n) is 10.6. The van der Waals surface area contributed by atoms with Crippen LogP contribution in [0.25, 0.3) is 22.3 Å². The van der Waals surface area contributed by atoms with Crippen LogP contribution >= 0.6 is 12.6 Å². The predicted octanol–water partition coefficient (Wildman–Crippen LogP) is 2.87. The number of aromatic hydroxyl groups is 3. The van der Waals surface area contributed by atoms with Crippen molar-refractivity contribution in [2.75, 3.05) is 0 Å². The molecule has 5 nitrogen and oxygen atoms in total. The van der Waals surface area contributed by atoms with E-state index in [1.165, 1.54) is 36.4 Å². The van der Waals surface area contributed by atoms with E-state index in [0.717, 1.165) is 0 Å². The lowest BCUT2D eigenvalue weighted by atomic mass is 10.1. The summed E-state index contributed by atoms with van der Waals surface area (Å²) in [5, 5.41) is 28.7. The summed E-state index contributed by atoms with van der Waals surface area (Å²) < 4.78 is 5.58. The van der Waals surface area contributed by atoms with Crippen LogP contribution in [0.2, 0.25) is 0 Å². The second-order valence-electron chi connectivity index (χ2n) is 4.52. The van der Waals surface area contributed by atoms with Gasteiger partial charge in [-0.1, -0.05) is 0 Å². The van der Waals surface area contributed by atoms with Crippen LogP contribution in [0.4, 0.5) is 0 Å². The third-order valence-corrected chi connectivity index (χ3v) is 3.31. The van der Waals surface area contributed by atoms with Crippen LogP contribution in [0.1, 0.15) is 0 Å². The Morgan fingerprint density at radius 2 is 1.67 bits per heavy atom. The molecule has 0 atom stereocenters. The van der Waals surface area contributed by atoms with Crippen molar-refractivity contribution >= 4 is 23.6 Å². The number of phenolic OH excluding ortho intramolecular Hbond substituents is 3. The van der Waals surface area contributed by atoms with Gasteiger partial charge in [0.2, 0.25) is 0 Å². The normalized spacial score (nSPS) is 10.9. The Morgan fingerprint density at radius 1 is 0.905 bits per heavy atom. The van der Waals surface area contributed by atoms with E-state index < -0.39 is 5.43 Å². The first-order chi connectivity index (χ1) is 9.95. The van der Waals surface area contributed by atoms with Gasteiger partial charge < -0.3 is 19.7 Å². The fourth-order valence-electron chi connectivity index (χ4n) is 2.07. The average molecular weight is 302 g/mol. The number of hydrogen-bond acceptors (Lipinski definition) is 6. The maximum atomic E-state index is 12.1. The number of benzene rings is 2. The standard InChI is InChI=1S/C15H10O5S/c16-9-2-1-7(3-10(9)17)13-6-12(19)15-11(18)4-8(21)5-14(15)20-13/h1-6,16-18,21H. The molecule has 0 aliphatic heterocycles. The molecule has 0 saturated heterocycles. The second kappa shape index (κ2) is 4.75. The van der Waals surface area contributed by atoms with Crippen molar-refractivity contribution in [2.45, 2.75) is 4.90 Å². The maximum Gasteiger partial charge on any atom is 0.197 e. The molecule has 0 radical (unpaired) electrons. The highest BCUT2D eigenvalue weighted by atomic mass is 32.1. The monoisotopic (exact) mass is 302 g/mol. The molecule has 0 bridgehead atoms. The first-order valence-corrected chi connectivity index (χ1v) is 6.42. The Balaban J connectivity index is 2.29. The van der Waals surface area contributed by atoms with Gasteiger partial charge >= 0.3 is 0 Å². The predicted molar refractivity (Wildman–Crippen MR) is 80.2 cm³/mol. The minimum atomic E-state index is -0.412. The SMILES string of the molecule is O=c1cc(-c2ccc(O)c(O)c2)oc2cc(S)cc(O)c12. The molecular formula is C15H10O5S. The van der Waals surface area contributed by atoms with Gasteiger partial charge in [0, 0.05) is 16.5 Å². The third kappa shape index (κ3) is 2.30. The van der Waals surface area contributed by atoms with Crippen molar-refractivity contribution in [3.8, 4) is 28.6 Å². The number of phenols is 3. The van der Waals surface area contributed by atoms with E-state index in [1.54, 1.807) is 0 Å². The molecule has 2 aromatic carbocycles. The summed E-state index contributed by atoms with van der Waals surface area (Å²) in [5.41, 5.74) is 0.202. The van der Waals surface area contributed by atoms with Gasteiger partial charge in [0.05, 0.1) is 0 Å². The van der Waals surface area contributed by atoms with Gasteiger partial charge in [-0.2, -0.15) is 0 Å². The summed E-state index contributed by atoms with van der Waals surface area (Å²) >= 11 is 4.12. The minimum absolute atomic E-state index is 0.0690. The van der Waals surface area contributed by atoms with Gasteiger partial charge in [0.15, 0.2) is 16.9 Å². The molecule has 0 aliphatic carbocycles. The first-order valence-electron chi connectivity index (χ1n) is 5.98. The molecule has 0 saturated carbocycles. The van der Waals surface area contributed by atoms with Crippen molar-refractivity contribution in [1.29, 1.82) is 0 Å². The van der Waals surface area contributed by atoms with Crippen LogP contribution in [-0.2, 0) is 0 Å². The van der Waals surface area contributed by atoms with E-state index in [0.29, 0.717) is 10.5 Å². The van der Waals surface area contributed by atoms with E-state index in [-0.39, 0.29) is 34.0 Å². The van der Waals surface area contributed by atoms with Crippen LogP contribution in [0.3, 0.4) is 0 Å². The molecule has 3 aromatic rings. The Kier molecular flexibility index (Phi) is 3.03. The lowest BCUT2D eigenvalue weighted by Crippen LogP contribution is -2.00. The molecule has 0 amide bonds. The van der Waals surface area contributed by atoms with Crippen LogP contribution in [-0.4, -0.2) is 15.3 Å². The zero-order valence-corrected chi connectivity index (χ0v) is 11.5. The van der Waals surface area contributed by atoms with Gasteiger partial charge in [0.1, 0.15) is 22.5 Å². The van der Waals surface area contributed by atoms with Gasteiger partial charge in [-0.05, 0) is 30.3 Å². The maximum absolute atomic E-state index is 12.1. The van der Waals surface area contributed by atoms with E-state index in [1.807, 2.05) is 0 Å². The van der Waals surface area contributed by atoms with Crippen molar-refractivity contribution in [2.24, 2.45) is 0 Å². The minimum Gasteiger partial charge on any atom is -0.507 e. The van der Waals surface area contributed by atoms with E-state index >= 15 is 0 Å². The highest BCUT2D eigenvalue weighted by Gasteiger charge is 2.12. The van der Waals surface area contributed by atoms with E-state index in [2.05, 4.69) is 12.6 Å². The number of hydrogen-bond donors (Lipinski definition) is 4. The lowest BCUT2D eigenvalue weighted by molar-refractivity contribution is 0.404. The second-order valence-corrected chi connectivity index (χ2v) is 5.03. The van der Waals surface area contributed by atoms with Crippen molar-refractivity contribution in [1.82, 2.24) is 0 Å². The molecule has 1 aromatic heterocycles. The Bertz CT molecular complexity index is 914. The summed E-state index contributed by atoms with van der Waals surface area (Å²) in [4.78, 5) is 12.6. The quantitative estimate of drug-likeness (QED) is 0.410. The summed E-state index contributed by atoms with van der Waals surface area (Å²) in [7, 11) is 0. The molecule has 3 N–H and O–H groups in total. The summed E-state index contributed by atoms with van der Waals surface area (Å²) in [5.74, 6) is -0.578. The van der Waals surface area contributed by atoms with Gasteiger partial charge in [-0.15, -0.1) is 12.6 Å². The Morgan fingerprint density at radius 3 is 2.38 bits per heavy atom. The van der Waals surface area contributed by atoms with Crippen LogP contribution in [0.5, 0.6) is 17.2 Å². The molecule has 6 heteroatoms. The largest absolute Gasteiger partial charge is 0.507 e. The van der Waals surface area contributed by atoms with Gasteiger partial charge in [0.25, 0.3) is 0 Å². The smallest absolute Gasteiger partial charge is 0.197 e. The zero-order chi connectivity index (χ0) is 15.1. The number of rotatable bonds is 1. The number of thiol groups is 1. The third-order valence-electron chi connectivity index (χ3n) is 3.05. The summed E-state index contributed by atoms with van der Waals surface area (Å²) in [6.07, 6.45) is 0. The molecule has 0 fully saturated rings. The highest BCUT2D eigenvalue weighted by molar-refractivity contribution is 7.80. The lowest BCUT2D eigenvalue weighted by Gasteiger charge is -2.06. The fraction of sp³-hybridized carbons (Fsp3) is 0. The Labute approximate surface area is 124 Å². The van der Waals surface area contributed by atoms with Crippen LogP contribution in [0.15, 0.2) is 50.5 Å². The van der Waals surface area contributed by atoms with Crippen molar-refractivity contribution in [3.05, 3.63) is 46.6 Å². The van der Waals surface area contributed by atoms with Crippen LogP contribution in [0, 0.1) is 0 Å². The van der Waals surface area contributed by atoms with Crippen molar-refractivity contribution in [3.63, 3.8) is 0 Å². The molecule has 0 aliphatic rings.